The molecule has 1 saturated heterocycles. The molecule has 4 amide bonds. The summed E-state index contributed by atoms with van der Waals surface area (Å²) < 4.78 is 0. The van der Waals surface area contributed by atoms with E-state index in [1.54, 1.807) is 21.9 Å². The van der Waals surface area contributed by atoms with Gasteiger partial charge in [0, 0.05) is 49.0 Å². The second-order valence-corrected chi connectivity index (χ2v) is 11.1. The van der Waals surface area contributed by atoms with Gasteiger partial charge in [-0.05, 0) is 63.3 Å². The van der Waals surface area contributed by atoms with Crippen molar-refractivity contribution in [3.05, 3.63) is 59.7 Å². The number of aliphatic hydroxyl groups excluding tert-OH is 1. The van der Waals surface area contributed by atoms with Crippen LogP contribution in [-0.2, 0) is 11.2 Å². The first-order chi connectivity index (χ1) is 19.9. The van der Waals surface area contributed by atoms with E-state index in [-0.39, 0.29) is 30.4 Å². The van der Waals surface area contributed by atoms with E-state index in [0.717, 1.165) is 43.4 Å². The van der Waals surface area contributed by atoms with Gasteiger partial charge in [-0.15, -0.1) is 0 Å². The molecule has 2 unspecified atom stereocenters. The van der Waals surface area contributed by atoms with Crippen molar-refractivity contribution in [1.82, 2.24) is 15.5 Å². The van der Waals surface area contributed by atoms with Crippen molar-refractivity contribution in [1.29, 1.82) is 0 Å². The first-order valence-corrected chi connectivity index (χ1v) is 15.2. The summed E-state index contributed by atoms with van der Waals surface area (Å²) >= 11 is 0. The highest BCUT2D eigenvalue weighted by Crippen LogP contribution is 2.27. The molecule has 4 rings (SSSR count). The molecule has 2 aliphatic rings. The molecule has 0 bridgehead atoms. The number of likely N-dealkylation sites (N-methyl/N-ethyl adjacent to an activating group) is 1. The van der Waals surface area contributed by atoms with Crippen LogP contribution in [0.5, 0.6) is 0 Å². The summed E-state index contributed by atoms with van der Waals surface area (Å²) in [5.74, 6) is -0.291. The van der Waals surface area contributed by atoms with Gasteiger partial charge in [-0.2, -0.15) is 0 Å². The molecule has 4 N–H and O–H groups in total. The molecule has 9 nitrogen and oxygen atoms in total. The molecule has 2 aromatic carbocycles. The number of hydrogen-bond donors (Lipinski definition) is 4. The molecule has 1 saturated carbocycles. The van der Waals surface area contributed by atoms with E-state index in [1.165, 1.54) is 6.42 Å². The summed E-state index contributed by atoms with van der Waals surface area (Å²) in [6, 6.07) is 14.5. The highest BCUT2D eigenvalue weighted by molar-refractivity contribution is 6.00. The lowest BCUT2D eigenvalue weighted by atomic mass is 9.96. The minimum Gasteiger partial charge on any atom is -0.389 e. The molecule has 0 spiro atoms. The molecule has 2 atom stereocenters. The van der Waals surface area contributed by atoms with Crippen LogP contribution in [-0.4, -0.2) is 72.2 Å². The highest BCUT2D eigenvalue weighted by Gasteiger charge is 2.28. The fourth-order valence-corrected chi connectivity index (χ4v) is 5.75. The summed E-state index contributed by atoms with van der Waals surface area (Å²) in [4.78, 5) is 42.5. The Balaban J connectivity index is 1.52. The Kier molecular flexibility index (Phi) is 11.0. The van der Waals surface area contributed by atoms with E-state index in [1.807, 2.05) is 50.2 Å². The fourth-order valence-electron chi connectivity index (χ4n) is 5.75. The van der Waals surface area contributed by atoms with Gasteiger partial charge >= 0.3 is 6.03 Å². The minimum absolute atomic E-state index is 0.0496. The van der Waals surface area contributed by atoms with Gasteiger partial charge < -0.3 is 30.9 Å². The van der Waals surface area contributed by atoms with Gasteiger partial charge in [0.25, 0.3) is 5.91 Å². The largest absolute Gasteiger partial charge is 0.389 e. The summed E-state index contributed by atoms with van der Waals surface area (Å²) in [7, 11) is 0. The first-order valence-electron chi connectivity index (χ1n) is 15.2. The van der Waals surface area contributed by atoms with Crippen molar-refractivity contribution in [2.75, 3.05) is 36.4 Å². The van der Waals surface area contributed by atoms with Gasteiger partial charge in [0.1, 0.15) is 0 Å². The number of aliphatic hydroxyl groups is 1. The number of nitrogens with zero attached hydrogens (tertiary/aromatic N) is 2. The van der Waals surface area contributed by atoms with Crippen LogP contribution in [0, 0.1) is 0 Å². The first kappa shape index (κ1) is 30.4. The molecule has 9 heteroatoms. The molecule has 2 aromatic rings. The molecular formula is C32H45N5O4. The van der Waals surface area contributed by atoms with E-state index in [9.17, 15) is 19.5 Å². The van der Waals surface area contributed by atoms with Crippen LogP contribution in [0.4, 0.5) is 16.2 Å². The Labute approximate surface area is 243 Å². The lowest BCUT2D eigenvalue weighted by Gasteiger charge is -2.32. The van der Waals surface area contributed by atoms with Crippen LogP contribution in [0.15, 0.2) is 48.5 Å². The molecule has 1 aliphatic heterocycles. The Morgan fingerprint density at radius 2 is 1.80 bits per heavy atom. The molecule has 222 valence electrons. The zero-order valence-electron chi connectivity index (χ0n) is 24.4. The van der Waals surface area contributed by atoms with Gasteiger partial charge in [0.2, 0.25) is 5.91 Å². The van der Waals surface area contributed by atoms with Crippen molar-refractivity contribution >= 4 is 29.2 Å². The zero-order valence-corrected chi connectivity index (χ0v) is 24.4. The van der Waals surface area contributed by atoms with E-state index in [4.69, 9.17) is 0 Å². The van der Waals surface area contributed by atoms with E-state index in [0.29, 0.717) is 43.7 Å². The third-order valence-corrected chi connectivity index (χ3v) is 8.03. The summed E-state index contributed by atoms with van der Waals surface area (Å²) in [5, 5.41) is 20.9. The number of anilines is 2. The zero-order chi connectivity index (χ0) is 29.2. The fraction of sp³-hybridized carbons (Fsp3) is 0.531. The molecular weight excluding hydrogens is 518 g/mol. The maximum absolute atomic E-state index is 13.7. The quantitative estimate of drug-likeness (QED) is 0.307. The SMILES string of the molecule is CCNc1cc(C(=O)NC(Cc2ccccc2)C(O)CN(CC)C(=O)NC2CCCCC2)cc(N2CCCC2=O)c1. The molecule has 41 heavy (non-hydrogen) atoms. The molecule has 0 radical (unpaired) electrons. The van der Waals surface area contributed by atoms with Crippen LogP contribution < -0.4 is 20.9 Å². The predicted octanol–water partition coefficient (Wildman–Crippen LogP) is 4.31. The smallest absolute Gasteiger partial charge is 0.317 e. The molecule has 0 aromatic heterocycles. The van der Waals surface area contributed by atoms with Crippen LogP contribution in [0.3, 0.4) is 0 Å². The van der Waals surface area contributed by atoms with Crippen LogP contribution in [0.25, 0.3) is 0 Å². The number of rotatable bonds is 12. The van der Waals surface area contributed by atoms with Gasteiger partial charge in [-0.1, -0.05) is 49.6 Å². The maximum atomic E-state index is 13.7. The number of carbonyl (C=O) groups is 3. The second-order valence-electron chi connectivity index (χ2n) is 11.1. The Morgan fingerprint density at radius 3 is 2.46 bits per heavy atom. The van der Waals surface area contributed by atoms with Crippen LogP contribution in [0.2, 0.25) is 0 Å². The molecule has 1 heterocycles. The number of benzene rings is 2. The lowest BCUT2D eigenvalue weighted by molar-refractivity contribution is -0.117. The van der Waals surface area contributed by atoms with Gasteiger partial charge in [-0.25, -0.2) is 4.79 Å². The summed E-state index contributed by atoms with van der Waals surface area (Å²) in [6.45, 7) is 5.70. The van der Waals surface area contributed by atoms with Gasteiger partial charge in [0.15, 0.2) is 0 Å². The standard InChI is InChI=1S/C32H45N5O4/c1-3-33-26-19-24(20-27(21-26)37-17-11-16-30(37)39)31(40)35-28(18-23-12-7-5-8-13-23)29(38)22-36(4-2)32(41)34-25-14-9-6-10-15-25/h5,7-8,12-13,19-21,25,28-29,33,38H,3-4,6,9-11,14-18,22H2,1-2H3,(H,34,41)(H,35,40). The number of urea groups is 1. The van der Waals surface area contributed by atoms with Crippen molar-refractivity contribution < 1.29 is 19.5 Å². The van der Waals surface area contributed by atoms with Gasteiger partial charge in [0.05, 0.1) is 18.7 Å². The Bertz CT molecular complexity index is 1170. The van der Waals surface area contributed by atoms with Gasteiger partial charge in [-0.3, -0.25) is 9.59 Å². The predicted molar refractivity (Wildman–Crippen MR) is 162 cm³/mol. The highest BCUT2D eigenvalue weighted by atomic mass is 16.3. The average molecular weight is 564 g/mol. The third kappa shape index (κ3) is 8.45. The van der Waals surface area contributed by atoms with Crippen LogP contribution in [0.1, 0.15) is 74.7 Å². The third-order valence-electron chi connectivity index (χ3n) is 8.03. The second kappa shape index (κ2) is 14.9. The molecule has 2 fully saturated rings. The monoisotopic (exact) mass is 563 g/mol. The Morgan fingerprint density at radius 1 is 1.05 bits per heavy atom. The van der Waals surface area contributed by atoms with Crippen molar-refractivity contribution in [3.63, 3.8) is 0 Å². The van der Waals surface area contributed by atoms with E-state index < -0.39 is 12.1 Å². The number of amides is 4. The minimum atomic E-state index is -0.993. The normalized spacial score (nSPS) is 17.1. The summed E-state index contributed by atoms with van der Waals surface area (Å²) in [5.41, 5.74) is 2.82. The van der Waals surface area contributed by atoms with E-state index >= 15 is 0 Å². The summed E-state index contributed by atoms with van der Waals surface area (Å²) in [6.07, 6.45) is 6.11. The molecule has 1 aliphatic carbocycles. The van der Waals surface area contributed by atoms with E-state index in [2.05, 4.69) is 16.0 Å². The number of nitrogens with one attached hydrogen (secondary N) is 3. The van der Waals surface area contributed by atoms with Crippen molar-refractivity contribution in [2.24, 2.45) is 0 Å². The Hall–Kier alpha value is -3.59. The maximum Gasteiger partial charge on any atom is 0.317 e. The van der Waals surface area contributed by atoms with Crippen molar-refractivity contribution in [3.8, 4) is 0 Å². The topological polar surface area (TPSA) is 114 Å². The average Bonchev–Trinajstić information content (AvgIpc) is 3.42. The van der Waals surface area contributed by atoms with Crippen molar-refractivity contribution in [2.45, 2.75) is 83.4 Å². The number of hydrogen-bond acceptors (Lipinski definition) is 5. The number of carbonyl (C=O) groups excluding carboxylic acids is 3. The lowest BCUT2D eigenvalue weighted by Crippen LogP contribution is -2.53. The van der Waals surface area contributed by atoms with Crippen LogP contribution >= 0.6 is 0 Å².